The molecule has 1 unspecified atom stereocenters. The largest absolute Gasteiger partial charge is 0.369 e. The molecule has 1 amide bonds. The number of anilines is 3. The Morgan fingerprint density at radius 2 is 1.97 bits per heavy atom. The van der Waals surface area contributed by atoms with E-state index in [1.165, 1.54) is 6.20 Å². The topological polar surface area (TPSA) is 96.6 Å². The average molecular weight is 447 g/mol. The molecule has 3 N–H and O–H groups in total. The van der Waals surface area contributed by atoms with Crippen LogP contribution in [-0.2, 0) is 11.3 Å². The molecule has 172 valence electrons. The lowest BCUT2D eigenvalue weighted by molar-refractivity contribution is 0.0344. The summed E-state index contributed by atoms with van der Waals surface area (Å²) in [5.74, 6) is 0.584. The zero-order chi connectivity index (χ0) is 23.2. The van der Waals surface area contributed by atoms with Gasteiger partial charge in [0.15, 0.2) is 0 Å². The fourth-order valence-corrected chi connectivity index (χ4v) is 3.98. The summed E-state index contributed by atoms with van der Waals surface area (Å²) in [5, 5.41) is 3.20. The summed E-state index contributed by atoms with van der Waals surface area (Å²) in [5.41, 5.74) is 9.18. The predicted molar refractivity (Wildman–Crippen MR) is 130 cm³/mol. The summed E-state index contributed by atoms with van der Waals surface area (Å²) in [4.78, 5) is 25.3. The van der Waals surface area contributed by atoms with Crippen molar-refractivity contribution < 1.29 is 9.53 Å². The maximum Gasteiger partial charge on any atom is 0.263 e. The SMILES string of the molecule is CNCCC(OCc1cccc(N2CCN(C)c3nc(N)ncc3C2=O)c1)c1ccccc1. The van der Waals surface area contributed by atoms with Crippen LogP contribution in [0.5, 0.6) is 0 Å². The van der Waals surface area contributed by atoms with E-state index in [4.69, 9.17) is 10.5 Å². The van der Waals surface area contributed by atoms with E-state index >= 15 is 0 Å². The Balaban J connectivity index is 1.52. The number of fused-ring (bicyclic) bond motifs is 1. The van der Waals surface area contributed by atoms with Crippen molar-refractivity contribution in [3.63, 3.8) is 0 Å². The van der Waals surface area contributed by atoms with Gasteiger partial charge >= 0.3 is 0 Å². The molecule has 1 aromatic heterocycles. The van der Waals surface area contributed by atoms with Gasteiger partial charge in [-0.1, -0.05) is 42.5 Å². The molecule has 0 bridgehead atoms. The highest BCUT2D eigenvalue weighted by Gasteiger charge is 2.28. The van der Waals surface area contributed by atoms with Gasteiger partial charge in [0, 0.05) is 32.0 Å². The van der Waals surface area contributed by atoms with Crippen molar-refractivity contribution in [2.24, 2.45) is 0 Å². The van der Waals surface area contributed by atoms with Gasteiger partial charge in [0.2, 0.25) is 5.95 Å². The van der Waals surface area contributed by atoms with Crippen LogP contribution >= 0.6 is 0 Å². The van der Waals surface area contributed by atoms with E-state index in [1.54, 1.807) is 4.90 Å². The van der Waals surface area contributed by atoms with Crippen LogP contribution in [0.1, 0.15) is 34.0 Å². The Bertz CT molecular complexity index is 1090. The van der Waals surface area contributed by atoms with Gasteiger partial charge in [-0.05, 0) is 43.3 Å². The second-order valence-electron chi connectivity index (χ2n) is 8.12. The average Bonchev–Trinajstić information content (AvgIpc) is 2.96. The number of carbonyl (C=O) groups is 1. The Hall–Kier alpha value is -3.49. The van der Waals surface area contributed by atoms with Crippen molar-refractivity contribution in [3.05, 3.63) is 77.5 Å². The molecule has 3 aromatic rings. The fourth-order valence-electron chi connectivity index (χ4n) is 3.98. The van der Waals surface area contributed by atoms with Crippen LogP contribution in [0.4, 0.5) is 17.5 Å². The number of benzene rings is 2. The van der Waals surface area contributed by atoms with E-state index in [2.05, 4.69) is 27.4 Å². The van der Waals surface area contributed by atoms with Crippen LogP contribution in [0.15, 0.2) is 60.8 Å². The van der Waals surface area contributed by atoms with E-state index in [1.807, 2.05) is 61.5 Å². The predicted octanol–water partition coefficient (Wildman–Crippen LogP) is 3.02. The molecular weight excluding hydrogens is 416 g/mol. The molecule has 33 heavy (non-hydrogen) atoms. The van der Waals surface area contributed by atoms with Crippen LogP contribution in [0.25, 0.3) is 0 Å². The van der Waals surface area contributed by atoms with Crippen LogP contribution in [0, 0.1) is 0 Å². The summed E-state index contributed by atoms with van der Waals surface area (Å²) in [6, 6.07) is 18.2. The normalized spacial score (nSPS) is 14.7. The van der Waals surface area contributed by atoms with E-state index in [0.717, 1.165) is 29.8 Å². The van der Waals surface area contributed by atoms with Gasteiger partial charge in [0.1, 0.15) is 11.4 Å². The zero-order valence-electron chi connectivity index (χ0n) is 19.1. The molecule has 8 nitrogen and oxygen atoms in total. The number of nitrogens with two attached hydrogens (primary N) is 1. The Labute approximate surface area is 194 Å². The number of hydrogen-bond acceptors (Lipinski definition) is 7. The molecule has 0 spiro atoms. The Morgan fingerprint density at radius 3 is 2.76 bits per heavy atom. The van der Waals surface area contributed by atoms with Gasteiger partial charge in [-0.15, -0.1) is 0 Å². The highest BCUT2D eigenvalue weighted by Crippen LogP contribution is 2.27. The first-order valence-corrected chi connectivity index (χ1v) is 11.1. The lowest BCUT2D eigenvalue weighted by atomic mass is 10.1. The van der Waals surface area contributed by atoms with Gasteiger partial charge in [-0.3, -0.25) is 4.79 Å². The highest BCUT2D eigenvalue weighted by atomic mass is 16.5. The van der Waals surface area contributed by atoms with E-state index in [9.17, 15) is 4.79 Å². The number of hydrogen-bond donors (Lipinski definition) is 2. The summed E-state index contributed by atoms with van der Waals surface area (Å²) in [6.07, 6.45) is 2.37. The lowest BCUT2D eigenvalue weighted by Crippen LogP contribution is -2.33. The number of aromatic nitrogens is 2. The Morgan fingerprint density at radius 1 is 1.15 bits per heavy atom. The zero-order valence-corrected chi connectivity index (χ0v) is 19.1. The number of likely N-dealkylation sites (N-methyl/N-ethyl adjacent to an activating group) is 1. The van der Waals surface area contributed by atoms with E-state index < -0.39 is 0 Å². The maximum atomic E-state index is 13.3. The van der Waals surface area contributed by atoms with Gasteiger partial charge in [0.05, 0.1) is 12.7 Å². The molecule has 0 fully saturated rings. The summed E-state index contributed by atoms with van der Waals surface area (Å²) in [6.45, 7) is 2.48. The number of nitrogen functional groups attached to an aromatic ring is 1. The first-order valence-electron chi connectivity index (χ1n) is 11.1. The van der Waals surface area contributed by atoms with Gasteiger partial charge < -0.3 is 25.6 Å². The first kappa shape index (κ1) is 22.7. The third-order valence-electron chi connectivity index (χ3n) is 5.78. The molecule has 0 radical (unpaired) electrons. The van der Waals surface area contributed by atoms with Gasteiger partial charge in [0.25, 0.3) is 5.91 Å². The van der Waals surface area contributed by atoms with Crippen molar-refractivity contribution in [2.45, 2.75) is 19.1 Å². The molecular formula is C25H30N6O2. The molecule has 8 heteroatoms. The molecule has 0 aliphatic carbocycles. The van der Waals surface area contributed by atoms with Crippen molar-refractivity contribution >= 4 is 23.4 Å². The van der Waals surface area contributed by atoms with Crippen LogP contribution in [-0.4, -0.2) is 49.6 Å². The maximum absolute atomic E-state index is 13.3. The Kier molecular flexibility index (Phi) is 7.16. The second kappa shape index (κ2) is 10.4. The molecule has 1 aliphatic heterocycles. The smallest absolute Gasteiger partial charge is 0.263 e. The number of carbonyl (C=O) groups excluding carboxylic acids is 1. The number of nitrogens with zero attached hydrogens (tertiary/aromatic N) is 4. The third kappa shape index (κ3) is 5.30. The van der Waals surface area contributed by atoms with E-state index in [-0.39, 0.29) is 18.0 Å². The third-order valence-corrected chi connectivity index (χ3v) is 5.78. The van der Waals surface area contributed by atoms with Crippen LogP contribution in [0.3, 0.4) is 0 Å². The standard InChI is InChI=1S/C25H30N6O2/c1-27-12-11-22(19-8-4-3-5-9-19)33-17-18-7-6-10-20(15-18)31-14-13-30(2)23-21(24(31)32)16-28-25(26)29-23/h3-10,15-16,22,27H,11-14,17H2,1-2H3,(H2,26,28,29). The highest BCUT2D eigenvalue weighted by molar-refractivity contribution is 6.09. The minimum absolute atomic E-state index is 0.00902. The van der Waals surface area contributed by atoms with Crippen molar-refractivity contribution in [3.8, 4) is 0 Å². The second-order valence-corrected chi connectivity index (χ2v) is 8.12. The lowest BCUT2D eigenvalue weighted by Gasteiger charge is -2.22. The molecule has 2 aromatic carbocycles. The van der Waals surface area contributed by atoms with Crippen molar-refractivity contribution in [2.75, 3.05) is 49.3 Å². The molecule has 0 saturated carbocycles. The number of amides is 1. The number of rotatable bonds is 8. The van der Waals surface area contributed by atoms with Crippen LogP contribution < -0.4 is 20.9 Å². The minimum Gasteiger partial charge on any atom is -0.369 e. The molecule has 4 rings (SSSR count). The molecule has 1 aliphatic rings. The molecule has 1 atom stereocenters. The fraction of sp³-hybridized carbons (Fsp3) is 0.320. The molecule has 2 heterocycles. The summed E-state index contributed by atoms with van der Waals surface area (Å²) < 4.78 is 6.31. The van der Waals surface area contributed by atoms with E-state index in [0.29, 0.717) is 31.1 Å². The summed E-state index contributed by atoms with van der Waals surface area (Å²) >= 11 is 0. The first-order chi connectivity index (χ1) is 16.1. The quantitative estimate of drug-likeness (QED) is 0.549. The number of ether oxygens (including phenoxy) is 1. The van der Waals surface area contributed by atoms with Gasteiger partial charge in [-0.2, -0.15) is 4.98 Å². The monoisotopic (exact) mass is 446 g/mol. The molecule has 0 saturated heterocycles. The number of nitrogens with one attached hydrogen (secondary N) is 1. The van der Waals surface area contributed by atoms with Crippen LogP contribution in [0.2, 0.25) is 0 Å². The minimum atomic E-state index is -0.136. The van der Waals surface area contributed by atoms with Crippen molar-refractivity contribution in [1.82, 2.24) is 15.3 Å². The van der Waals surface area contributed by atoms with Gasteiger partial charge in [-0.25, -0.2) is 4.98 Å². The summed E-state index contributed by atoms with van der Waals surface area (Å²) in [7, 11) is 3.85. The van der Waals surface area contributed by atoms with Crippen molar-refractivity contribution in [1.29, 1.82) is 0 Å².